The molecule has 28 heavy (non-hydrogen) atoms. The van der Waals surface area contributed by atoms with Gasteiger partial charge in [-0.15, -0.1) is 29.3 Å². The highest BCUT2D eigenvalue weighted by Crippen LogP contribution is 2.37. The fourth-order valence-electron chi connectivity index (χ4n) is 2.56. The summed E-state index contributed by atoms with van der Waals surface area (Å²) in [6, 6.07) is 7.78. The van der Waals surface area contributed by atoms with E-state index in [1.807, 2.05) is 28.3 Å². The van der Waals surface area contributed by atoms with Crippen molar-refractivity contribution in [2.45, 2.75) is 0 Å². The van der Waals surface area contributed by atoms with Gasteiger partial charge >= 0.3 is 0 Å². The Balaban J connectivity index is 2.07. The van der Waals surface area contributed by atoms with Gasteiger partial charge in [0.1, 0.15) is 0 Å². The van der Waals surface area contributed by atoms with E-state index in [-0.39, 0.29) is 0 Å². The van der Waals surface area contributed by atoms with Crippen LogP contribution in [0.15, 0.2) is 57.8 Å². The normalized spacial score (nSPS) is 11.8. The molecule has 3 rings (SSSR count). The van der Waals surface area contributed by atoms with Crippen LogP contribution < -0.4 is 19.0 Å². The van der Waals surface area contributed by atoms with Crippen molar-refractivity contribution in [1.82, 2.24) is 4.68 Å². The molecule has 146 valence electrons. The van der Waals surface area contributed by atoms with Gasteiger partial charge in [-0.25, -0.2) is 4.68 Å². The van der Waals surface area contributed by atoms with Crippen molar-refractivity contribution in [3.63, 3.8) is 0 Å². The number of hydrogen-bond donors (Lipinski definition) is 0. The average Bonchev–Trinajstić information content (AvgIpc) is 3.39. The molecule has 0 amide bonds. The number of methoxy groups -OCH3 is 3. The predicted molar refractivity (Wildman–Crippen MR) is 115 cm³/mol. The van der Waals surface area contributed by atoms with E-state index in [1.54, 1.807) is 56.3 Å². The van der Waals surface area contributed by atoms with Crippen LogP contribution in [0.5, 0.6) is 17.2 Å². The number of ether oxygens (including phenoxy) is 3. The molecule has 8 heteroatoms. The topological polar surface area (TPSA) is 57.3 Å². The Morgan fingerprint density at radius 2 is 1.86 bits per heavy atom. The first-order valence-corrected chi connectivity index (χ1v) is 10.2. The van der Waals surface area contributed by atoms with E-state index in [4.69, 9.17) is 14.2 Å². The first-order valence-electron chi connectivity index (χ1n) is 8.42. The molecular formula is C20H21N3O3S2. The maximum atomic E-state index is 5.42. The number of hydrogen-bond acceptors (Lipinski definition) is 7. The SMILES string of the molecule is C=CCN=c1scc(-c2cccs2)n1N=Cc1cc(OC)c(OC)c(OC)c1. The van der Waals surface area contributed by atoms with E-state index in [2.05, 4.69) is 28.1 Å². The van der Waals surface area contributed by atoms with E-state index in [0.29, 0.717) is 23.8 Å². The van der Waals surface area contributed by atoms with Gasteiger partial charge in [-0.1, -0.05) is 12.1 Å². The third-order valence-corrected chi connectivity index (χ3v) is 5.57. The van der Waals surface area contributed by atoms with Crippen molar-refractivity contribution in [2.24, 2.45) is 10.1 Å². The van der Waals surface area contributed by atoms with Crippen molar-refractivity contribution in [1.29, 1.82) is 0 Å². The number of aromatic nitrogens is 1. The van der Waals surface area contributed by atoms with Gasteiger partial charge in [0.2, 0.25) is 10.6 Å². The first kappa shape index (κ1) is 19.9. The lowest BCUT2D eigenvalue weighted by molar-refractivity contribution is 0.324. The van der Waals surface area contributed by atoms with E-state index < -0.39 is 0 Å². The Morgan fingerprint density at radius 3 is 2.43 bits per heavy atom. The average molecular weight is 416 g/mol. The van der Waals surface area contributed by atoms with Crippen molar-refractivity contribution in [2.75, 3.05) is 27.9 Å². The summed E-state index contributed by atoms with van der Waals surface area (Å²) in [6.45, 7) is 4.27. The van der Waals surface area contributed by atoms with Gasteiger partial charge in [-0.05, 0) is 23.6 Å². The van der Waals surface area contributed by atoms with Crippen LogP contribution in [0.1, 0.15) is 5.56 Å². The fourth-order valence-corrected chi connectivity index (χ4v) is 4.20. The zero-order valence-corrected chi connectivity index (χ0v) is 17.5. The number of nitrogens with zero attached hydrogens (tertiary/aromatic N) is 3. The fraction of sp³-hybridized carbons (Fsp3) is 0.200. The summed E-state index contributed by atoms with van der Waals surface area (Å²) in [4.78, 5) is 6.47. The van der Waals surface area contributed by atoms with Gasteiger partial charge in [0, 0.05) is 10.9 Å². The molecule has 3 aromatic rings. The second-order valence-electron chi connectivity index (χ2n) is 5.53. The lowest BCUT2D eigenvalue weighted by Crippen LogP contribution is -2.12. The summed E-state index contributed by atoms with van der Waals surface area (Å²) in [5, 5.41) is 8.78. The summed E-state index contributed by atoms with van der Waals surface area (Å²) in [6.07, 6.45) is 3.51. The molecular weight excluding hydrogens is 394 g/mol. The molecule has 0 aliphatic heterocycles. The quantitative estimate of drug-likeness (QED) is 0.408. The van der Waals surface area contributed by atoms with Gasteiger partial charge in [-0.2, -0.15) is 5.10 Å². The molecule has 0 N–H and O–H groups in total. The molecule has 0 radical (unpaired) electrons. The molecule has 0 aliphatic rings. The van der Waals surface area contributed by atoms with E-state index >= 15 is 0 Å². The minimum Gasteiger partial charge on any atom is -0.493 e. The van der Waals surface area contributed by atoms with Crippen molar-refractivity contribution >= 4 is 28.9 Å². The van der Waals surface area contributed by atoms with Gasteiger partial charge in [0.05, 0.1) is 44.7 Å². The molecule has 2 heterocycles. The summed E-state index contributed by atoms with van der Waals surface area (Å²) in [5.74, 6) is 1.70. The molecule has 0 aliphatic carbocycles. The molecule has 1 aromatic carbocycles. The van der Waals surface area contributed by atoms with Crippen LogP contribution in [0.25, 0.3) is 10.6 Å². The van der Waals surface area contributed by atoms with E-state index in [0.717, 1.165) is 20.9 Å². The number of thiazole rings is 1. The Hall–Kier alpha value is -2.84. The summed E-state index contributed by atoms with van der Waals surface area (Å²) in [7, 11) is 4.76. The van der Waals surface area contributed by atoms with Gasteiger partial charge < -0.3 is 14.2 Å². The zero-order chi connectivity index (χ0) is 19.9. The third-order valence-electron chi connectivity index (χ3n) is 3.82. The highest BCUT2D eigenvalue weighted by atomic mass is 32.1. The van der Waals surface area contributed by atoms with E-state index in [1.165, 1.54) is 0 Å². The monoisotopic (exact) mass is 415 g/mol. The minimum atomic E-state index is 0.532. The molecule has 2 aromatic heterocycles. The molecule has 0 unspecified atom stereocenters. The number of rotatable bonds is 8. The number of thiophene rings is 1. The first-order chi connectivity index (χ1) is 13.7. The highest BCUT2D eigenvalue weighted by molar-refractivity contribution is 7.14. The Bertz CT molecular complexity index is 1010. The Morgan fingerprint density at radius 1 is 1.11 bits per heavy atom. The third kappa shape index (κ3) is 4.18. The van der Waals surface area contributed by atoms with E-state index in [9.17, 15) is 0 Å². The van der Waals surface area contributed by atoms with Gasteiger partial charge in [-0.3, -0.25) is 4.99 Å². The lowest BCUT2D eigenvalue weighted by atomic mass is 10.2. The molecule has 0 spiro atoms. The van der Waals surface area contributed by atoms with Crippen molar-refractivity contribution in [3.8, 4) is 27.8 Å². The van der Waals surface area contributed by atoms with Gasteiger partial charge in [0.25, 0.3) is 0 Å². The lowest BCUT2D eigenvalue weighted by Gasteiger charge is -2.12. The van der Waals surface area contributed by atoms with Crippen LogP contribution in [0.3, 0.4) is 0 Å². The Labute approximate surface area is 171 Å². The zero-order valence-electron chi connectivity index (χ0n) is 15.9. The summed E-state index contributed by atoms with van der Waals surface area (Å²) < 4.78 is 18.0. The molecule has 0 fully saturated rings. The van der Waals surface area contributed by atoms with Crippen LogP contribution in [-0.4, -0.2) is 38.8 Å². The molecule has 0 saturated carbocycles. The molecule has 6 nitrogen and oxygen atoms in total. The Kier molecular flexibility index (Phi) is 6.67. The van der Waals surface area contributed by atoms with Crippen LogP contribution in [0, 0.1) is 0 Å². The highest BCUT2D eigenvalue weighted by Gasteiger charge is 2.13. The van der Waals surface area contributed by atoms with Crippen LogP contribution in [0.4, 0.5) is 0 Å². The largest absolute Gasteiger partial charge is 0.493 e. The van der Waals surface area contributed by atoms with Crippen molar-refractivity contribution in [3.05, 3.63) is 58.0 Å². The second kappa shape index (κ2) is 9.38. The minimum absolute atomic E-state index is 0.532. The predicted octanol–water partition coefficient (Wildman–Crippen LogP) is 4.27. The maximum Gasteiger partial charge on any atom is 0.206 e. The maximum absolute atomic E-state index is 5.42. The molecule has 0 saturated heterocycles. The number of benzene rings is 1. The van der Waals surface area contributed by atoms with Crippen LogP contribution >= 0.6 is 22.7 Å². The second-order valence-corrected chi connectivity index (χ2v) is 7.31. The smallest absolute Gasteiger partial charge is 0.206 e. The van der Waals surface area contributed by atoms with Crippen molar-refractivity contribution < 1.29 is 14.2 Å². The molecule has 0 bridgehead atoms. The summed E-state index contributed by atoms with van der Waals surface area (Å²) in [5.41, 5.74) is 1.81. The van der Waals surface area contributed by atoms with Crippen LogP contribution in [-0.2, 0) is 0 Å². The van der Waals surface area contributed by atoms with Crippen LogP contribution in [0.2, 0.25) is 0 Å². The van der Waals surface area contributed by atoms with Gasteiger partial charge in [0.15, 0.2) is 11.5 Å². The molecule has 0 atom stereocenters. The standard InChI is InChI=1S/C20H21N3O3S2/c1-5-8-21-20-23(15(13-28-20)18-7-6-9-27-18)22-12-14-10-16(24-2)19(26-4)17(11-14)25-3/h5-7,9-13H,1,8H2,2-4H3. The summed E-state index contributed by atoms with van der Waals surface area (Å²) >= 11 is 3.20.